The van der Waals surface area contributed by atoms with Crippen molar-refractivity contribution in [1.29, 1.82) is 0 Å². The number of halogens is 1. The number of aliphatic hydroxyl groups is 1. The Bertz CT molecular complexity index is 1220. The number of nitrogens with zero attached hydrogens (tertiary/aromatic N) is 1. The summed E-state index contributed by atoms with van der Waals surface area (Å²) in [5, 5.41) is 20.8. The molecule has 3 fully saturated rings. The lowest BCUT2D eigenvalue weighted by molar-refractivity contribution is -0.757. The number of carbonyl (C=O) groups excluding carboxylic acids is 3. The van der Waals surface area contributed by atoms with Crippen LogP contribution in [0.15, 0.2) is 23.8 Å². The Kier molecular flexibility index (Phi) is 7.10. The fraction of sp³-hybridized carbons (Fsp3) is 0.750. The molecule has 1 aliphatic heterocycles. The van der Waals surface area contributed by atoms with Crippen LogP contribution in [0, 0.1) is 32.8 Å². The van der Waals surface area contributed by atoms with Crippen LogP contribution in [0.2, 0.25) is 0 Å². The van der Waals surface area contributed by atoms with E-state index in [0.717, 1.165) is 0 Å². The van der Waals surface area contributed by atoms with E-state index < -0.39 is 75.6 Å². The summed E-state index contributed by atoms with van der Waals surface area (Å²) in [7, 11) is 0. The maximum Gasteiger partial charge on any atom is 0.508 e. The molecule has 0 spiro atoms. The average Bonchev–Trinajstić information content (AvgIpc) is 3.29. The first-order chi connectivity index (χ1) is 19.1. The first-order valence-electron chi connectivity index (χ1n) is 13.9. The molecule has 5 rings (SSSR count). The average molecular weight is 582 g/mol. The minimum absolute atomic E-state index is 0.0453. The van der Waals surface area contributed by atoms with Crippen molar-refractivity contribution < 1.29 is 52.8 Å². The number of allylic oxidation sites excluding steroid dienone is 4. The molecule has 0 radical (unpaired) electrons. The van der Waals surface area contributed by atoms with Gasteiger partial charge in [0.25, 0.3) is 5.09 Å². The minimum atomic E-state index is -2.09. The summed E-state index contributed by atoms with van der Waals surface area (Å²) in [5.74, 6) is -3.00. The third-order valence-corrected chi connectivity index (χ3v) is 10.0. The van der Waals surface area contributed by atoms with Gasteiger partial charge >= 0.3 is 6.16 Å². The molecule has 0 amide bonds. The van der Waals surface area contributed by atoms with E-state index in [1.807, 2.05) is 6.08 Å². The van der Waals surface area contributed by atoms with Crippen molar-refractivity contribution in [3.8, 4) is 0 Å². The van der Waals surface area contributed by atoms with Crippen LogP contribution in [0.4, 0.5) is 9.18 Å². The van der Waals surface area contributed by atoms with Crippen molar-refractivity contribution >= 4 is 17.7 Å². The van der Waals surface area contributed by atoms with Gasteiger partial charge in [0, 0.05) is 29.6 Å². The standard InChI is InChI=1S/C28H36FNO11/c1-24(2)40-22-13-19-18-7-6-16-12-17(31)8-9-25(16,3)27(18,29)20(32)14-26(19,4)28(22,41-24)21(33)15-38-23(34)37-10-5-11-39-30(35)36/h6,8-9,18-20,22,32H,5,7,10-15H2,1-4H3/t18?,19-,20-,22+,25-,26-,27-,28+/m0/s1. The van der Waals surface area contributed by atoms with E-state index >= 15 is 4.39 Å². The maximum absolute atomic E-state index is 17.4. The van der Waals surface area contributed by atoms with Crippen molar-refractivity contribution in [2.24, 2.45) is 22.7 Å². The van der Waals surface area contributed by atoms with E-state index in [0.29, 0.717) is 5.57 Å². The van der Waals surface area contributed by atoms with Crippen molar-refractivity contribution in [2.45, 2.75) is 89.1 Å². The second-order valence-electron chi connectivity index (χ2n) is 12.6. The van der Waals surface area contributed by atoms with Crippen LogP contribution in [0.25, 0.3) is 0 Å². The van der Waals surface area contributed by atoms with Gasteiger partial charge in [-0.25, -0.2) is 9.18 Å². The molecule has 1 heterocycles. The molecule has 12 nitrogen and oxygen atoms in total. The van der Waals surface area contributed by atoms with Crippen LogP contribution in [0.3, 0.4) is 0 Å². The lowest BCUT2D eigenvalue weighted by Gasteiger charge is -2.62. The molecule has 226 valence electrons. The third kappa shape index (κ3) is 4.30. The second kappa shape index (κ2) is 9.84. The van der Waals surface area contributed by atoms with Crippen molar-refractivity contribution in [2.75, 3.05) is 19.8 Å². The molecular formula is C28H36FNO11. The molecule has 4 aliphatic carbocycles. The lowest BCUT2D eigenvalue weighted by Crippen LogP contribution is -2.69. The molecule has 5 aliphatic rings. The highest BCUT2D eigenvalue weighted by molar-refractivity contribution is 5.94. The molecule has 0 bridgehead atoms. The molecule has 2 saturated carbocycles. The highest BCUT2D eigenvalue weighted by atomic mass is 19.1. The SMILES string of the molecule is CC1(C)O[C@@H]2C[C@H]3C4CC=C5CC(=O)C=C[C@]5(C)[C@@]4(F)[C@@H](O)C[C@]3(C)[C@]2(C(=O)COC(=O)OCCCO[N+](=O)[O-])O1. The quantitative estimate of drug-likeness (QED) is 0.147. The molecule has 41 heavy (non-hydrogen) atoms. The Hall–Kier alpha value is -2.90. The number of alkyl halides is 1. The number of carbonyl (C=O) groups is 3. The number of hydrogen-bond donors (Lipinski definition) is 1. The Balaban J connectivity index is 1.39. The van der Waals surface area contributed by atoms with E-state index in [1.165, 1.54) is 6.08 Å². The first kappa shape index (κ1) is 29.6. The van der Waals surface area contributed by atoms with Crippen LogP contribution in [0.5, 0.6) is 0 Å². The van der Waals surface area contributed by atoms with E-state index in [1.54, 1.807) is 33.8 Å². The molecule has 1 N–H and O–H groups in total. The number of rotatable bonds is 8. The van der Waals surface area contributed by atoms with Crippen LogP contribution >= 0.6 is 0 Å². The topological polar surface area (TPSA) is 161 Å². The zero-order chi connectivity index (χ0) is 30.0. The summed E-state index contributed by atoms with van der Waals surface area (Å²) in [4.78, 5) is 52.6. The first-order valence-corrected chi connectivity index (χ1v) is 13.9. The summed E-state index contributed by atoms with van der Waals surface area (Å²) in [6.45, 7) is 5.65. The fourth-order valence-corrected chi connectivity index (χ4v) is 8.34. The predicted octanol–water partition coefficient (Wildman–Crippen LogP) is 3.18. The maximum atomic E-state index is 17.4. The van der Waals surface area contributed by atoms with Gasteiger partial charge in [-0.15, -0.1) is 10.1 Å². The summed E-state index contributed by atoms with van der Waals surface area (Å²) < 4.78 is 40.0. The van der Waals surface area contributed by atoms with Gasteiger partial charge in [0.05, 0.1) is 25.4 Å². The highest BCUT2D eigenvalue weighted by Crippen LogP contribution is 2.71. The molecule has 0 aromatic carbocycles. The zero-order valence-corrected chi connectivity index (χ0v) is 23.6. The van der Waals surface area contributed by atoms with E-state index in [9.17, 15) is 29.6 Å². The number of Topliss-reactive ketones (excluding diaryl/α,β-unsaturated/α-hetero) is 1. The van der Waals surface area contributed by atoms with Crippen molar-refractivity contribution in [1.82, 2.24) is 0 Å². The van der Waals surface area contributed by atoms with Crippen LogP contribution in [0.1, 0.15) is 59.8 Å². The van der Waals surface area contributed by atoms with E-state index in [4.69, 9.17) is 18.9 Å². The Morgan fingerprint density at radius 3 is 2.63 bits per heavy atom. The van der Waals surface area contributed by atoms with Gasteiger partial charge in [0.2, 0.25) is 5.78 Å². The lowest BCUT2D eigenvalue weighted by atomic mass is 9.45. The number of hydrogen-bond acceptors (Lipinski definition) is 11. The molecule has 1 saturated heterocycles. The number of ether oxygens (including phenoxy) is 4. The van der Waals surface area contributed by atoms with Gasteiger partial charge in [-0.05, 0) is 52.0 Å². The molecule has 8 atom stereocenters. The molecule has 0 aromatic rings. The minimum Gasteiger partial charge on any atom is -0.434 e. The Morgan fingerprint density at radius 2 is 1.93 bits per heavy atom. The summed E-state index contributed by atoms with van der Waals surface area (Å²) in [6, 6.07) is 0. The normalized spacial score (nSPS) is 41.8. The Morgan fingerprint density at radius 1 is 1.20 bits per heavy atom. The van der Waals surface area contributed by atoms with Gasteiger partial charge in [-0.3, -0.25) is 9.59 Å². The largest absolute Gasteiger partial charge is 0.508 e. The van der Waals surface area contributed by atoms with Crippen molar-refractivity contribution in [3.63, 3.8) is 0 Å². The number of fused-ring (bicyclic) bond motifs is 7. The van der Waals surface area contributed by atoms with Gasteiger partial charge < -0.3 is 28.9 Å². The third-order valence-electron chi connectivity index (χ3n) is 10.0. The summed E-state index contributed by atoms with van der Waals surface area (Å²) >= 11 is 0. The fourth-order valence-electron chi connectivity index (χ4n) is 8.34. The molecule has 1 unspecified atom stereocenters. The molecule has 13 heteroatoms. The molecule has 0 aromatic heterocycles. The number of aliphatic hydroxyl groups excluding tert-OH is 1. The van der Waals surface area contributed by atoms with Gasteiger partial charge in [-0.2, -0.15) is 0 Å². The molecular weight excluding hydrogens is 545 g/mol. The zero-order valence-electron chi connectivity index (χ0n) is 23.6. The van der Waals surface area contributed by atoms with Gasteiger partial charge in [-0.1, -0.05) is 24.6 Å². The summed E-state index contributed by atoms with van der Waals surface area (Å²) in [5.41, 5.74) is -5.33. The highest BCUT2D eigenvalue weighted by Gasteiger charge is 2.80. The summed E-state index contributed by atoms with van der Waals surface area (Å²) in [6.07, 6.45) is 2.04. The predicted molar refractivity (Wildman–Crippen MR) is 136 cm³/mol. The van der Waals surface area contributed by atoms with Crippen LogP contribution < -0.4 is 0 Å². The number of ketones is 2. The van der Waals surface area contributed by atoms with Crippen molar-refractivity contribution in [3.05, 3.63) is 33.9 Å². The van der Waals surface area contributed by atoms with Gasteiger partial charge in [0.15, 0.2) is 29.4 Å². The van der Waals surface area contributed by atoms with Crippen LogP contribution in [-0.4, -0.2) is 77.0 Å². The van der Waals surface area contributed by atoms with Crippen LogP contribution in [-0.2, 0) is 33.4 Å². The Labute approximate surface area is 236 Å². The monoisotopic (exact) mass is 581 g/mol. The van der Waals surface area contributed by atoms with E-state index in [2.05, 4.69) is 4.84 Å². The van der Waals surface area contributed by atoms with E-state index in [-0.39, 0.29) is 51.1 Å². The smallest absolute Gasteiger partial charge is 0.434 e. The second-order valence-corrected chi connectivity index (χ2v) is 12.6. The van der Waals surface area contributed by atoms with Gasteiger partial charge in [0.1, 0.15) is 0 Å².